The lowest BCUT2D eigenvalue weighted by molar-refractivity contribution is -0.145. The van der Waals surface area contributed by atoms with Gasteiger partial charge in [0.25, 0.3) is 0 Å². The maximum atomic E-state index is 11.1. The van der Waals surface area contributed by atoms with Crippen molar-refractivity contribution >= 4 is 17.6 Å². The number of halogens is 1. The molecule has 0 aromatic heterocycles. The van der Waals surface area contributed by atoms with E-state index in [9.17, 15) is 4.79 Å². The summed E-state index contributed by atoms with van der Waals surface area (Å²) in [4.78, 5) is 11.1. The molecule has 0 heterocycles. The third kappa shape index (κ3) is 5.14. The first-order valence-corrected chi connectivity index (χ1v) is 5.60. The molecule has 0 aromatic carbocycles. The Hall–Kier alpha value is -0.240. The van der Waals surface area contributed by atoms with Crippen LogP contribution in [0.4, 0.5) is 0 Å². The normalized spacial score (nSPS) is 15.8. The van der Waals surface area contributed by atoms with Gasteiger partial charge in [0.1, 0.15) is 0 Å². The van der Waals surface area contributed by atoms with Crippen molar-refractivity contribution in [1.82, 2.24) is 0 Å². The summed E-state index contributed by atoms with van der Waals surface area (Å²) in [6.07, 6.45) is 6.37. The predicted molar refractivity (Wildman–Crippen MR) is 52.9 cm³/mol. The van der Waals surface area contributed by atoms with Crippen LogP contribution in [0.3, 0.4) is 0 Å². The highest BCUT2D eigenvalue weighted by atomic mass is 35.5. The number of carbonyl (C=O) groups is 1. The fraction of sp³-hybridized carbons (Fsp3) is 0.900. The molecule has 0 saturated heterocycles. The summed E-state index contributed by atoms with van der Waals surface area (Å²) < 4.78 is 5.07. The first kappa shape index (κ1) is 10.8. The van der Waals surface area contributed by atoms with Gasteiger partial charge in [-0.3, -0.25) is 4.79 Å². The Morgan fingerprint density at radius 2 is 1.92 bits per heavy atom. The van der Waals surface area contributed by atoms with Gasteiger partial charge in [0.2, 0.25) is 0 Å². The minimum atomic E-state index is 0.0114. The van der Waals surface area contributed by atoms with Crippen LogP contribution in [-0.2, 0) is 9.53 Å². The van der Waals surface area contributed by atoms with Crippen molar-refractivity contribution in [3.8, 4) is 0 Å². The van der Waals surface area contributed by atoms with Gasteiger partial charge in [-0.1, -0.05) is 12.8 Å². The number of unbranched alkanes of at least 4 members (excludes halogenated alkanes) is 3. The summed E-state index contributed by atoms with van der Waals surface area (Å²) in [6, 6.07) is 0. The molecule has 0 bridgehead atoms. The molecule has 13 heavy (non-hydrogen) atoms. The maximum Gasteiger partial charge on any atom is 0.308 e. The fourth-order valence-electron chi connectivity index (χ4n) is 1.16. The average Bonchev–Trinajstić information content (AvgIpc) is 2.93. The second kappa shape index (κ2) is 6.25. The molecule has 0 amide bonds. The number of carbonyl (C=O) groups excluding carboxylic acids is 1. The van der Waals surface area contributed by atoms with Crippen molar-refractivity contribution in [2.75, 3.05) is 12.5 Å². The lowest BCUT2D eigenvalue weighted by atomic mass is 10.2. The van der Waals surface area contributed by atoms with E-state index in [1.54, 1.807) is 0 Å². The summed E-state index contributed by atoms with van der Waals surface area (Å²) in [5, 5.41) is 0. The summed E-state index contributed by atoms with van der Waals surface area (Å²) >= 11 is 5.53. The lowest BCUT2D eigenvalue weighted by Crippen LogP contribution is -2.07. The minimum absolute atomic E-state index is 0.0114. The van der Waals surface area contributed by atoms with Crippen LogP contribution < -0.4 is 0 Å². The van der Waals surface area contributed by atoms with E-state index >= 15 is 0 Å². The van der Waals surface area contributed by atoms with E-state index in [0.717, 1.165) is 44.4 Å². The number of esters is 1. The molecule has 1 aliphatic carbocycles. The van der Waals surface area contributed by atoms with Crippen molar-refractivity contribution in [3.05, 3.63) is 0 Å². The molecule has 0 N–H and O–H groups in total. The van der Waals surface area contributed by atoms with Crippen LogP contribution >= 0.6 is 11.6 Å². The molecule has 1 aliphatic rings. The summed E-state index contributed by atoms with van der Waals surface area (Å²) in [5.41, 5.74) is 0. The van der Waals surface area contributed by atoms with Gasteiger partial charge in [-0.15, -0.1) is 11.6 Å². The van der Waals surface area contributed by atoms with Crippen LogP contribution in [0.25, 0.3) is 0 Å². The molecule has 76 valence electrons. The topological polar surface area (TPSA) is 26.3 Å². The molecule has 0 aliphatic heterocycles. The van der Waals surface area contributed by atoms with Crippen molar-refractivity contribution in [1.29, 1.82) is 0 Å². The third-order valence-corrected chi connectivity index (χ3v) is 2.45. The number of hydrogen-bond acceptors (Lipinski definition) is 2. The Bertz CT molecular complexity index is 155. The lowest BCUT2D eigenvalue weighted by Gasteiger charge is -2.02. The van der Waals surface area contributed by atoms with Crippen LogP contribution in [0.15, 0.2) is 0 Å². The molecular formula is C10H17ClO2. The van der Waals surface area contributed by atoms with E-state index in [1.807, 2.05) is 0 Å². The molecule has 1 rings (SSSR count). The first-order valence-electron chi connectivity index (χ1n) is 5.07. The number of ether oxygens (including phenoxy) is 1. The van der Waals surface area contributed by atoms with Gasteiger partial charge in [-0.05, 0) is 25.7 Å². The van der Waals surface area contributed by atoms with Gasteiger partial charge in [0.05, 0.1) is 12.5 Å². The molecule has 1 fully saturated rings. The second-order valence-electron chi connectivity index (χ2n) is 3.54. The number of alkyl halides is 1. The fourth-order valence-corrected chi connectivity index (χ4v) is 1.35. The monoisotopic (exact) mass is 204 g/mol. The molecule has 0 spiro atoms. The van der Waals surface area contributed by atoms with Crippen molar-refractivity contribution < 1.29 is 9.53 Å². The van der Waals surface area contributed by atoms with E-state index in [1.165, 1.54) is 0 Å². The van der Waals surface area contributed by atoms with E-state index in [4.69, 9.17) is 16.3 Å². The summed E-state index contributed by atoms with van der Waals surface area (Å²) in [5.74, 6) is 0.988. The highest BCUT2D eigenvalue weighted by Gasteiger charge is 2.30. The van der Waals surface area contributed by atoms with Gasteiger partial charge in [0.15, 0.2) is 0 Å². The average molecular weight is 205 g/mol. The maximum absolute atomic E-state index is 11.1. The molecule has 0 aromatic rings. The van der Waals surface area contributed by atoms with Crippen LogP contribution in [0.5, 0.6) is 0 Å². The van der Waals surface area contributed by atoms with Crippen molar-refractivity contribution in [2.45, 2.75) is 38.5 Å². The molecule has 0 atom stereocenters. The minimum Gasteiger partial charge on any atom is -0.465 e. The highest BCUT2D eigenvalue weighted by Crippen LogP contribution is 2.30. The van der Waals surface area contributed by atoms with Gasteiger partial charge < -0.3 is 4.74 Å². The third-order valence-electron chi connectivity index (χ3n) is 2.18. The largest absolute Gasteiger partial charge is 0.465 e. The predicted octanol–water partition coefficient (Wildman–Crippen LogP) is 2.74. The van der Waals surface area contributed by atoms with Gasteiger partial charge >= 0.3 is 5.97 Å². The Kier molecular flexibility index (Phi) is 5.21. The summed E-state index contributed by atoms with van der Waals surface area (Å²) in [6.45, 7) is 0.595. The first-order chi connectivity index (χ1) is 6.34. The van der Waals surface area contributed by atoms with Crippen LogP contribution in [0, 0.1) is 5.92 Å². The molecule has 1 saturated carbocycles. The second-order valence-corrected chi connectivity index (χ2v) is 3.92. The zero-order chi connectivity index (χ0) is 9.52. The summed E-state index contributed by atoms with van der Waals surface area (Å²) in [7, 11) is 0. The van der Waals surface area contributed by atoms with Gasteiger partial charge in [-0.25, -0.2) is 0 Å². The SMILES string of the molecule is O=C(OCCCCCCCl)C1CC1. The number of rotatable bonds is 7. The van der Waals surface area contributed by atoms with Crippen LogP contribution in [0.1, 0.15) is 38.5 Å². The molecular weight excluding hydrogens is 188 g/mol. The van der Waals surface area contributed by atoms with Crippen molar-refractivity contribution in [3.63, 3.8) is 0 Å². The van der Waals surface area contributed by atoms with Crippen LogP contribution in [-0.4, -0.2) is 18.5 Å². The number of hydrogen-bond donors (Lipinski definition) is 0. The van der Waals surface area contributed by atoms with Crippen LogP contribution in [0.2, 0.25) is 0 Å². The molecule has 3 heteroatoms. The van der Waals surface area contributed by atoms with E-state index < -0.39 is 0 Å². The zero-order valence-electron chi connectivity index (χ0n) is 7.93. The quantitative estimate of drug-likeness (QED) is 0.362. The molecule has 0 unspecified atom stereocenters. The highest BCUT2D eigenvalue weighted by molar-refractivity contribution is 6.17. The Labute approximate surface area is 84.6 Å². The Morgan fingerprint density at radius 3 is 2.54 bits per heavy atom. The molecule has 0 radical (unpaired) electrons. The Morgan fingerprint density at radius 1 is 1.23 bits per heavy atom. The van der Waals surface area contributed by atoms with E-state index in [-0.39, 0.29) is 11.9 Å². The van der Waals surface area contributed by atoms with E-state index in [0.29, 0.717) is 6.61 Å². The van der Waals surface area contributed by atoms with Crippen molar-refractivity contribution in [2.24, 2.45) is 5.92 Å². The molecule has 2 nitrogen and oxygen atoms in total. The standard InChI is InChI=1S/C10H17ClO2/c11-7-3-1-2-4-8-13-10(12)9-5-6-9/h9H,1-8H2. The zero-order valence-corrected chi connectivity index (χ0v) is 8.68. The van der Waals surface area contributed by atoms with Gasteiger partial charge in [0, 0.05) is 5.88 Å². The Balaban J connectivity index is 1.80. The van der Waals surface area contributed by atoms with Gasteiger partial charge in [-0.2, -0.15) is 0 Å². The smallest absolute Gasteiger partial charge is 0.308 e. The van der Waals surface area contributed by atoms with E-state index in [2.05, 4.69) is 0 Å².